The lowest BCUT2D eigenvalue weighted by atomic mass is 10.0. The van der Waals surface area contributed by atoms with E-state index in [1.165, 1.54) is 0 Å². The molecule has 4 rings (SSSR count). The molecule has 3 aromatic rings. The number of piperidine rings is 1. The number of carboxylic acids is 1. The number of carboxylic acid groups (broad SMARTS) is 1. The molecule has 0 unspecified atom stereocenters. The zero-order valence-corrected chi connectivity index (χ0v) is 21.0. The number of nitrogens with zero attached hydrogens (tertiary/aromatic N) is 6. The first-order valence-corrected chi connectivity index (χ1v) is 11.9. The van der Waals surface area contributed by atoms with Gasteiger partial charge >= 0.3 is 5.97 Å². The zero-order valence-electron chi connectivity index (χ0n) is 20.2. The molecule has 1 aliphatic heterocycles. The fraction of sp³-hybridized carbons (Fsp3) is 0.400. The molecular weight excluding hydrogens is 466 g/mol. The van der Waals surface area contributed by atoms with Gasteiger partial charge in [0.2, 0.25) is 0 Å². The maximum atomic E-state index is 11.7. The second kappa shape index (κ2) is 10.0. The minimum Gasteiger partial charge on any atom is -0.476 e. The van der Waals surface area contributed by atoms with Crippen molar-refractivity contribution in [2.24, 2.45) is 0 Å². The molecule has 9 nitrogen and oxygen atoms in total. The van der Waals surface area contributed by atoms with Gasteiger partial charge in [0.25, 0.3) is 0 Å². The Morgan fingerprint density at radius 1 is 1.26 bits per heavy atom. The second-order valence-corrected chi connectivity index (χ2v) is 9.50. The molecule has 3 heterocycles. The van der Waals surface area contributed by atoms with Gasteiger partial charge in [0.15, 0.2) is 17.2 Å². The number of benzene rings is 1. The van der Waals surface area contributed by atoms with Crippen LogP contribution in [0.2, 0.25) is 5.15 Å². The van der Waals surface area contributed by atoms with Crippen LogP contribution in [0.25, 0.3) is 11.0 Å². The van der Waals surface area contributed by atoms with Crippen molar-refractivity contribution in [3.8, 4) is 6.07 Å². The molecule has 0 aliphatic carbocycles. The average Bonchev–Trinajstić information content (AvgIpc) is 2.83. The summed E-state index contributed by atoms with van der Waals surface area (Å²) in [5.74, 6) is -0.577. The molecule has 0 radical (unpaired) electrons. The molecule has 1 saturated heterocycles. The fourth-order valence-electron chi connectivity index (χ4n) is 4.57. The Labute approximate surface area is 209 Å². The van der Waals surface area contributed by atoms with Crippen LogP contribution < -0.4 is 10.2 Å². The molecule has 1 fully saturated rings. The molecule has 182 valence electrons. The number of nitrogens with one attached hydrogen (secondary N) is 1. The largest absolute Gasteiger partial charge is 0.476 e. The smallest absolute Gasteiger partial charge is 0.356 e. The summed E-state index contributed by atoms with van der Waals surface area (Å²) in [4.78, 5) is 29.6. The van der Waals surface area contributed by atoms with Gasteiger partial charge in [-0.25, -0.2) is 19.7 Å². The highest BCUT2D eigenvalue weighted by molar-refractivity contribution is 6.29. The average molecular weight is 494 g/mol. The van der Waals surface area contributed by atoms with Crippen molar-refractivity contribution < 1.29 is 9.90 Å². The van der Waals surface area contributed by atoms with Crippen molar-refractivity contribution in [3.05, 3.63) is 51.9 Å². The molecule has 0 amide bonds. The Kier molecular flexibility index (Phi) is 7.05. The van der Waals surface area contributed by atoms with E-state index in [1.54, 1.807) is 12.1 Å². The highest BCUT2D eigenvalue weighted by atomic mass is 35.5. The summed E-state index contributed by atoms with van der Waals surface area (Å²) in [5, 5.41) is 22.7. The number of aromatic nitrogens is 3. The van der Waals surface area contributed by atoms with E-state index >= 15 is 0 Å². The van der Waals surface area contributed by atoms with Gasteiger partial charge < -0.3 is 20.2 Å². The Morgan fingerprint density at radius 2 is 1.97 bits per heavy atom. The van der Waals surface area contributed by atoms with Gasteiger partial charge in [-0.2, -0.15) is 5.26 Å². The summed E-state index contributed by atoms with van der Waals surface area (Å²) in [6.45, 7) is 5.47. The van der Waals surface area contributed by atoms with Crippen LogP contribution in [0.3, 0.4) is 0 Å². The molecule has 0 bridgehead atoms. The number of rotatable bonds is 6. The SMILES string of the molecule is Cc1cc([C@@H](C)Nc2ccc(Cl)nc2C(=O)O)c2nc(N3CCC(N(C)C)CC3)c(C#N)nc2c1. The first kappa shape index (κ1) is 24.6. The number of hydrogen-bond donors (Lipinski definition) is 2. The van der Waals surface area contributed by atoms with Crippen LogP contribution in [0, 0.1) is 18.3 Å². The summed E-state index contributed by atoms with van der Waals surface area (Å²) >= 11 is 5.91. The molecule has 2 N–H and O–H groups in total. The van der Waals surface area contributed by atoms with Crippen LogP contribution in [-0.4, -0.2) is 64.2 Å². The van der Waals surface area contributed by atoms with E-state index in [9.17, 15) is 15.2 Å². The van der Waals surface area contributed by atoms with Crippen LogP contribution in [-0.2, 0) is 0 Å². The van der Waals surface area contributed by atoms with Crippen molar-refractivity contribution in [2.45, 2.75) is 38.8 Å². The first-order valence-electron chi connectivity index (χ1n) is 11.5. The third-order valence-corrected chi connectivity index (χ3v) is 6.64. The van der Waals surface area contributed by atoms with E-state index in [0.717, 1.165) is 37.1 Å². The monoisotopic (exact) mass is 493 g/mol. The molecule has 0 spiro atoms. The van der Waals surface area contributed by atoms with Crippen LogP contribution >= 0.6 is 11.6 Å². The van der Waals surface area contributed by atoms with Gasteiger partial charge in [-0.1, -0.05) is 17.7 Å². The van der Waals surface area contributed by atoms with Gasteiger partial charge in [0.05, 0.1) is 22.8 Å². The third-order valence-electron chi connectivity index (χ3n) is 6.43. The lowest BCUT2D eigenvalue weighted by Gasteiger charge is -2.36. The molecule has 35 heavy (non-hydrogen) atoms. The van der Waals surface area contributed by atoms with Crippen molar-refractivity contribution in [1.82, 2.24) is 19.9 Å². The van der Waals surface area contributed by atoms with Crippen LogP contribution in [0.15, 0.2) is 24.3 Å². The number of nitriles is 1. The Hall–Kier alpha value is -3.48. The third kappa shape index (κ3) is 5.14. The van der Waals surface area contributed by atoms with E-state index in [1.807, 2.05) is 26.0 Å². The number of carbonyl (C=O) groups is 1. The van der Waals surface area contributed by atoms with E-state index in [-0.39, 0.29) is 16.9 Å². The predicted octanol–water partition coefficient (Wildman–Crippen LogP) is 4.26. The van der Waals surface area contributed by atoms with Gasteiger partial charge in [-0.05, 0) is 64.5 Å². The normalized spacial score (nSPS) is 15.3. The van der Waals surface area contributed by atoms with E-state index in [2.05, 4.69) is 45.2 Å². The molecule has 10 heteroatoms. The molecule has 2 aromatic heterocycles. The molecule has 0 saturated carbocycles. The van der Waals surface area contributed by atoms with E-state index < -0.39 is 5.97 Å². The topological polar surface area (TPSA) is 118 Å². The zero-order chi connectivity index (χ0) is 25.3. The number of fused-ring (bicyclic) bond motifs is 1. The quantitative estimate of drug-likeness (QED) is 0.485. The van der Waals surface area contributed by atoms with Gasteiger partial charge in [0, 0.05) is 24.7 Å². The molecule has 1 aromatic carbocycles. The summed E-state index contributed by atoms with van der Waals surface area (Å²) in [5.41, 5.74) is 3.65. The van der Waals surface area contributed by atoms with Gasteiger partial charge in [-0.15, -0.1) is 0 Å². The van der Waals surface area contributed by atoms with Crippen LogP contribution in [0.4, 0.5) is 11.5 Å². The highest BCUT2D eigenvalue weighted by Gasteiger charge is 2.25. The van der Waals surface area contributed by atoms with Gasteiger partial charge in [0.1, 0.15) is 11.2 Å². The standard InChI is InChI=1S/C25H28ClN7O2/c1-14-11-17(15(2)28-18-5-6-21(26)30-23(18)25(34)35)22-19(12-14)29-20(13-27)24(31-22)33-9-7-16(8-10-33)32(3)4/h5-6,11-12,15-16,28H,7-10H2,1-4H3,(H,34,35)/t15-/m1/s1. The molecular formula is C25H28ClN7O2. The first-order chi connectivity index (χ1) is 16.7. The minimum absolute atomic E-state index is 0.110. The van der Waals surface area contributed by atoms with E-state index in [4.69, 9.17) is 16.6 Å². The maximum absolute atomic E-state index is 11.7. The van der Waals surface area contributed by atoms with Gasteiger partial charge in [-0.3, -0.25) is 0 Å². The summed E-state index contributed by atoms with van der Waals surface area (Å²) in [6, 6.07) is 9.49. The van der Waals surface area contributed by atoms with Crippen molar-refractivity contribution in [2.75, 3.05) is 37.4 Å². The number of halogens is 1. The maximum Gasteiger partial charge on any atom is 0.356 e. The van der Waals surface area contributed by atoms with Crippen LogP contribution in [0.5, 0.6) is 0 Å². The van der Waals surface area contributed by atoms with Crippen molar-refractivity contribution in [1.29, 1.82) is 5.26 Å². The van der Waals surface area contributed by atoms with E-state index in [0.29, 0.717) is 34.3 Å². The Morgan fingerprint density at radius 3 is 2.60 bits per heavy atom. The second-order valence-electron chi connectivity index (χ2n) is 9.11. The minimum atomic E-state index is -1.17. The number of hydrogen-bond acceptors (Lipinski definition) is 8. The molecule has 1 aliphatic rings. The van der Waals surface area contributed by atoms with Crippen LogP contribution in [0.1, 0.15) is 53.1 Å². The highest BCUT2D eigenvalue weighted by Crippen LogP contribution is 2.31. The number of pyridine rings is 1. The predicted molar refractivity (Wildman–Crippen MR) is 136 cm³/mol. The molecule has 1 atom stereocenters. The Balaban J connectivity index is 1.74. The lowest BCUT2D eigenvalue weighted by Crippen LogP contribution is -2.42. The number of aromatic carboxylic acids is 1. The lowest BCUT2D eigenvalue weighted by molar-refractivity contribution is 0.0691. The van der Waals surface area contributed by atoms with Crippen molar-refractivity contribution >= 4 is 40.1 Å². The fourth-order valence-corrected chi connectivity index (χ4v) is 4.72. The summed E-state index contributed by atoms with van der Waals surface area (Å²) in [6.07, 6.45) is 1.97. The number of aryl methyl sites for hydroxylation is 1. The Bertz CT molecular complexity index is 1310. The summed E-state index contributed by atoms with van der Waals surface area (Å²) in [7, 11) is 4.18. The number of anilines is 2. The summed E-state index contributed by atoms with van der Waals surface area (Å²) < 4.78 is 0. The van der Waals surface area contributed by atoms with Crippen molar-refractivity contribution in [3.63, 3.8) is 0 Å².